The third-order valence-corrected chi connectivity index (χ3v) is 4.51. The third-order valence-electron chi connectivity index (χ3n) is 2.76. The van der Waals surface area contributed by atoms with Gasteiger partial charge in [0, 0.05) is 8.07 Å². The van der Waals surface area contributed by atoms with Crippen molar-refractivity contribution in [2.24, 2.45) is 0 Å². The molecule has 84 valence electrons. The summed E-state index contributed by atoms with van der Waals surface area (Å²) in [5.74, 6) is 0. The van der Waals surface area contributed by atoms with Gasteiger partial charge in [0.1, 0.15) is 0 Å². The van der Waals surface area contributed by atoms with E-state index in [9.17, 15) is 5.11 Å². The van der Waals surface area contributed by atoms with Gasteiger partial charge in [-0.1, -0.05) is 56.0 Å². The van der Waals surface area contributed by atoms with Gasteiger partial charge in [-0.05, 0) is 18.9 Å². The molecule has 0 heterocycles. The minimum Gasteiger partial charge on any atom is -0.385 e. The van der Waals surface area contributed by atoms with Crippen LogP contribution < -0.4 is 0 Å². The highest BCUT2D eigenvalue weighted by Crippen LogP contribution is 2.28. The molecule has 1 nitrogen and oxygen atoms in total. The van der Waals surface area contributed by atoms with E-state index in [1.807, 2.05) is 37.3 Å². The number of hydrogen-bond acceptors (Lipinski definition) is 1. The van der Waals surface area contributed by atoms with Gasteiger partial charge in [0.25, 0.3) is 0 Å². The highest BCUT2D eigenvalue weighted by atomic mass is 28.3. The third kappa shape index (κ3) is 4.18. The highest BCUT2D eigenvalue weighted by molar-refractivity contribution is 6.76. The van der Waals surface area contributed by atoms with Gasteiger partial charge in [-0.15, -0.1) is 0 Å². The van der Waals surface area contributed by atoms with Crippen LogP contribution in [0.2, 0.25) is 25.7 Å². The topological polar surface area (TPSA) is 20.2 Å². The van der Waals surface area contributed by atoms with Crippen LogP contribution in [0.1, 0.15) is 18.9 Å². The normalized spacial score (nSPS) is 16.1. The monoisotopic (exact) mass is 222 g/mol. The van der Waals surface area contributed by atoms with Gasteiger partial charge < -0.3 is 5.11 Å². The Morgan fingerprint density at radius 1 is 1.13 bits per heavy atom. The zero-order valence-electron chi connectivity index (χ0n) is 10.2. The molecule has 0 spiro atoms. The van der Waals surface area contributed by atoms with Crippen LogP contribution in [-0.2, 0) is 5.60 Å². The molecule has 1 unspecified atom stereocenters. The van der Waals surface area contributed by atoms with Crippen LogP contribution in [0.25, 0.3) is 0 Å². The largest absolute Gasteiger partial charge is 0.385 e. The average molecular weight is 222 g/mol. The van der Waals surface area contributed by atoms with Crippen molar-refractivity contribution in [3.05, 3.63) is 35.9 Å². The Hall–Kier alpha value is -0.603. The summed E-state index contributed by atoms with van der Waals surface area (Å²) in [5.41, 5.74) is 0.366. The Labute approximate surface area is 94.2 Å². The Morgan fingerprint density at radius 2 is 1.67 bits per heavy atom. The van der Waals surface area contributed by atoms with Crippen molar-refractivity contribution in [3.63, 3.8) is 0 Å². The molecule has 0 radical (unpaired) electrons. The molecule has 0 aliphatic carbocycles. The van der Waals surface area contributed by atoms with Crippen molar-refractivity contribution in [1.29, 1.82) is 0 Å². The highest BCUT2D eigenvalue weighted by Gasteiger charge is 2.25. The van der Waals surface area contributed by atoms with Gasteiger partial charge >= 0.3 is 0 Å². The van der Waals surface area contributed by atoms with Gasteiger partial charge in [-0.3, -0.25) is 0 Å². The maximum Gasteiger partial charge on any atom is 0.0865 e. The van der Waals surface area contributed by atoms with Gasteiger partial charge in [0.05, 0.1) is 5.60 Å². The van der Waals surface area contributed by atoms with Crippen LogP contribution in [-0.4, -0.2) is 13.2 Å². The van der Waals surface area contributed by atoms with E-state index in [1.165, 1.54) is 0 Å². The first kappa shape index (κ1) is 12.5. The lowest BCUT2D eigenvalue weighted by molar-refractivity contribution is 0.0527. The first-order valence-electron chi connectivity index (χ1n) is 5.59. The standard InChI is InChI=1S/C13H22OSi/c1-13(14,10-11-15(2,3)4)12-8-6-5-7-9-12/h5-9,14H,10-11H2,1-4H3. The molecule has 0 aliphatic rings. The molecular formula is C13H22OSi. The van der Waals surface area contributed by atoms with Crippen LogP contribution >= 0.6 is 0 Å². The van der Waals surface area contributed by atoms with Crippen molar-refractivity contribution in [2.45, 2.75) is 44.6 Å². The van der Waals surface area contributed by atoms with Crippen LogP contribution in [0.3, 0.4) is 0 Å². The maximum absolute atomic E-state index is 10.4. The molecular weight excluding hydrogens is 200 g/mol. The van der Waals surface area contributed by atoms with E-state index < -0.39 is 13.7 Å². The molecule has 2 heteroatoms. The quantitative estimate of drug-likeness (QED) is 0.771. The molecule has 0 amide bonds. The second-order valence-corrected chi connectivity index (χ2v) is 11.3. The summed E-state index contributed by atoms with van der Waals surface area (Å²) in [5, 5.41) is 10.4. The zero-order valence-corrected chi connectivity index (χ0v) is 11.2. The lowest BCUT2D eigenvalue weighted by atomic mass is 9.93. The minimum atomic E-state index is -1.06. The fraction of sp³-hybridized carbons (Fsp3) is 0.538. The predicted molar refractivity (Wildman–Crippen MR) is 68.8 cm³/mol. The number of hydrogen-bond donors (Lipinski definition) is 1. The van der Waals surface area contributed by atoms with Gasteiger partial charge in [-0.25, -0.2) is 0 Å². The average Bonchev–Trinajstić information content (AvgIpc) is 2.16. The molecule has 0 aliphatic heterocycles. The molecule has 1 aromatic rings. The van der Waals surface area contributed by atoms with E-state index in [1.54, 1.807) is 0 Å². The summed E-state index contributed by atoms with van der Waals surface area (Å²) in [6.07, 6.45) is 0.868. The summed E-state index contributed by atoms with van der Waals surface area (Å²) in [6, 6.07) is 11.1. The fourth-order valence-electron chi connectivity index (χ4n) is 1.56. The Morgan fingerprint density at radius 3 is 2.13 bits per heavy atom. The molecule has 0 saturated carbocycles. The fourth-order valence-corrected chi connectivity index (χ4v) is 2.80. The second-order valence-electron chi connectivity index (χ2n) is 5.70. The van der Waals surface area contributed by atoms with Crippen LogP contribution in [0.4, 0.5) is 0 Å². The molecule has 0 aromatic heterocycles. The lowest BCUT2D eigenvalue weighted by Crippen LogP contribution is -2.27. The Kier molecular flexibility index (Phi) is 3.74. The van der Waals surface area contributed by atoms with Gasteiger partial charge in [0.15, 0.2) is 0 Å². The van der Waals surface area contributed by atoms with Crippen LogP contribution in [0.5, 0.6) is 0 Å². The molecule has 0 saturated heterocycles. The van der Waals surface area contributed by atoms with Gasteiger partial charge in [0.2, 0.25) is 0 Å². The first-order chi connectivity index (χ1) is 6.81. The van der Waals surface area contributed by atoms with Crippen molar-refractivity contribution in [2.75, 3.05) is 0 Å². The second kappa shape index (κ2) is 4.50. The maximum atomic E-state index is 10.4. The van der Waals surface area contributed by atoms with Crippen molar-refractivity contribution in [3.8, 4) is 0 Å². The van der Waals surface area contributed by atoms with Crippen LogP contribution in [0.15, 0.2) is 30.3 Å². The summed E-state index contributed by atoms with van der Waals surface area (Å²) < 4.78 is 0. The Bertz CT molecular complexity index is 298. The lowest BCUT2D eigenvalue weighted by Gasteiger charge is -2.27. The predicted octanol–water partition coefficient (Wildman–Crippen LogP) is 3.62. The number of aliphatic hydroxyl groups is 1. The van der Waals surface area contributed by atoms with E-state index in [0.29, 0.717) is 0 Å². The summed E-state index contributed by atoms with van der Waals surface area (Å²) in [6.45, 7) is 8.94. The molecule has 0 bridgehead atoms. The molecule has 1 aromatic carbocycles. The first-order valence-corrected chi connectivity index (χ1v) is 9.30. The summed E-state index contributed by atoms with van der Waals surface area (Å²) in [4.78, 5) is 0. The van der Waals surface area contributed by atoms with Crippen molar-refractivity contribution < 1.29 is 5.11 Å². The number of rotatable bonds is 4. The van der Waals surface area contributed by atoms with E-state index in [4.69, 9.17) is 0 Å². The molecule has 1 rings (SSSR count). The van der Waals surface area contributed by atoms with Crippen LogP contribution in [0, 0.1) is 0 Å². The molecule has 15 heavy (non-hydrogen) atoms. The van der Waals surface area contributed by atoms with E-state index in [0.717, 1.165) is 18.0 Å². The summed E-state index contributed by atoms with van der Waals surface area (Å²) >= 11 is 0. The van der Waals surface area contributed by atoms with E-state index >= 15 is 0 Å². The summed E-state index contributed by atoms with van der Waals surface area (Å²) in [7, 11) is -1.06. The number of benzene rings is 1. The molecule has 1 N–H and O–H groups in total. The zero-order chi connectivity index (χ0) is 11.5. The Balaban J connectivity index is 2.68. The molecule has 0 fully saturated rings. The van der Waals surface area contributed by atoms with Crippen molar-refractivity contribution in [1.82, 2.24) is 0 Å². The van der Waals surface area contributed by atoms with Crippen molar-refractivity contribution >= 4 is 8.07 Å². The minimum absolute atomic E-state index is 0.665. The SMILES string of the molecule is CC(O)(CC[Si](C)(C)C)c1ccccc1. The molecule has 1 atom stereocenters. The van der Waals surface area contributed by atoms with E-state index in [-0.39, 0.29) is 0 Å². The van der Waals surface area contributed by atoms with E-state index in [2.05, 4.69) is 19.6 Å². The smallest absolute Gasteiger partial charge is 0.0865 e. The van der Waals surface area contributed by atoms with Gasteiger partial charge in [-0.2, -0.15) is 0 Å².